The normalized spacial score (nSPS) is 14.4. The largest absolute Gasteiger partial charge is 0.480 e. The van der Waals surface area contributed by atoms with Crippen LogP contribution in [0.4, 0.5) is 0 Å². The summed E-state index contributed by atoms with van der Waals surface area (Å²) in [6.07, 6.45) is 21.2. The van der Waals surface area contributed by atoms with Gasteiger partial charge in [-0.05, 0) is 50.4 Å². The van der Waals surface area contributed by atoms with Crippen LogP contribution < -0.4 is 0 Å². The molecule has 1 N–H and O–H groups in total. The van der Waals surface area contributed by atoms with Crippen LogP contribution in [0.15, 0.2) is 24.3 Å². The molecule has 0 aromatic rings. The predicted molar refractivity (Wildman–Crippen MR) is 118 cm³/mol. The Morgan fingerprint density at radius 3 is 1.63 bits per heavy atom. The lowest BCUT2D eigenvalue weighted by Gasteiger charge is -2.26. The zero-order chi connectivity index (χ0) is 20.3. The van der Waals surface area contributed by atoms with Gasteiger partial charge >= 0.3 is 5.97 Å². The molecular formula is C24H45NO2. The van der Waals surface area contributed by atoms with E-state index in [9.17, 15) is 9.90 Å². The molecule has 0 aliphatic carbocycles. The lowest BCUT2D eigenvalue weighted by Crippen LogP contribution is -2.36. The smallest absolute Gasteiger partial charge is 0.317 e. The molecule has 3 heteroatoms. The fourth-order valence-electron chi connectivity index (χ4n) is 3.34. The van der Waals surface area contributed by atoms with Crippen molar-refractivity contribution < 1.29 is 9.90 Å². The van der Waals surface area contributed by atoms with Gasteiger partial charge in [-0.2, -0.15) is 0 Å². The highest BCUT2D eigenvalue weighted by Crippen LogP contribution is 2.12. The Kier molecular flexibility index (Phi) is 17.5. The Hall–Kier alpha value is -1.09. The molecule has 0 amide bonds. The number of hydrogen-bond acceptors (Lipinski definition) is 2. The lowest BCUT2D eigenvalue weighted by atomic mass is 10.0. The van der Waals surface area contributed by atoms with Crippen LogP contribution in [-0.4, -0.2) is 35.6 Å². The molecule has 0 fully saturated rings. The quantitative estimate of drug-likeness (QED) is 0.213. The summed E-state index contributed by atoms with van der Waals surface area (Å²) in [5, 5.41) is 9.23. The molecule has 27 heavy (non-hydrogen) atoms. The zero-order valence-electron chi connectivity index (χ0n) is 18.5. The van der Waals surface area contributed by atoms with Gasteiger partial charge in [0.05, 0.1) is 6.54 Å². The minimum Gasteiger partial charge on any atom is -0.480 e. The van der Waals surface area contributed by atoms with Crippen LogP contribution >= 0.6 is 0 Å². The number of carboxylic acids is 1. The van der Waals surface area contributed by atoms with Gasteiger partial charge in [-0.15, -0.1) is 0 Å². The van der Waals surface area contributed by atoms with Gasteiger partial charge in [0.15, 0.2) is 0 Å². The van der Waals surface area contributed by atoms with Crippen LogP contribution in [0, 0.1) is 11.8 Å². The highest BCUT2D eigenvalue weighted by Gasteiger charge is 2.15. The molecule has 2 atom stereocenters. The Balaban J connectivity index is 4.22. The van der Waals surface area contributed by atoms with Crippen molar-refractivity contribution >= 4 is 5.97 Å². The van der Waals surface area contributed by atoms with Crippen LogP contribution in [-0.2, 0) is 4.79 Å². The van der Waals surface area contributed by atoms with Crippen molar-refractivity contribution in [1.82, 2.24) is 4.90 Å². The molecule has 0 radical (unpaired) electrons. The zero-order valence-corrected chi connectivity index (χ0v) is 18.5. The van der Waals surface area contributed by atoms with Crippen molar-refractivity contribution in [2.24, 2.45) is 11.8 Å². The second kappa shape index (κ2) is 18.3. The first-order chi connectivity index (χ1) is 13.0. The molecule has 0 aromatic heterocycles. The van der Waals surface area contributed by atoms with Crippen LogP contribution in [0.2, 0.25) is 0 Å². The van der Waals surface area contributed by atoms with Gasteiger partial charge in [0.2, 0.25) is 0 Å². The third-order valence-electron chi connectivity index (χ3n) is 4.86. The van der Waals surface area contributed by atoms with Gasteiger partial charge < -0.3 is 5.11 Å². The summed E-state index contributed by atoms with van der Waals surface area (Å²) in [6.45, 7) is 10.8. The van der Waals surface area contributed by atoms with Crippen molar-refractivity contribution in [1.29, 1.82) is 0 Å². The molecule has 2 unspecified atom stereocenters. The first kappa shape index (κ1) is 25.9. The van der Waals surface area contributed by atoms with Crippen LogP contribution in [0.3, 0.4) is 0 Å². The first-order valence-electron chi connectivity index (χ1n) is 11.2. The van der Waals surface area contributed by atoms with Gasteiger partial charge in [-0.25, -0.2) is 0 Å². The number of nitrogens with zero attached hydrogens (tertiary/aromatic N) is 1. The topological polar surface area (TPSA) is 40.5 Å². The van der Waals surface area contributed by atoms with E-state index in [1.165, 1.54) is 51.4 Å². The predicted octanol–water partition coefficient (Wildman–Crippen LogP) is 6.70. The maximum absolute atomic E-state index is 11.2. The van der Waals surface area contributed by atoms with Crippen molar-refractivity contribution in [3.8, 4) is 0 Å². The fourth-order valence-corrected chi connectivity index (χ4v) is 3.34. The monoisotopic (exact) mass is 379 g/mol. The van der Waals surface area contributed by atoms with Crippen molar-refractivity contribution in [2.45, 2.75) is 91.9 Å². The highest BCUT2D eigenvalue weighted by atomic mass is 16.4. The number of allylic oxidation sites excluding steroid dienone is 4. The number of unbranched alkanes of at least 4 members (excludes halogenated alkanes) is 6. The molecule has 0 aromatic carbocycles. The Morgan fingerprint density at radius 1 is 0.815 bits per heavy atom. The molecule has 0 saturated carbocycles. The van der Waals surface area contributed by atoms with E-state index in [4.69, 9.17) is 0 Å². The maximum atomic E-state index is 11.2. The molecule has 0 saturated heterocycles. The summed E-state index contributed by atoms with van der Waals surface area (Å²) < 4.78 is 0. The van der Waals surface area contributed by atoms with Crippen molar-refractivity contribution in [3.05, 3.63) is 24.3 Å². The summed E-state index contributed by atoms with van der Waals surface area (Å²) in [5.74, 6) is 0.256. The third kappa shape index (κ3) is 18.1. The molecular weight excluding hydrogens is 334 g/mol. The number of carboxylic acid groups (broad SMARTS) is 1. The van der Waals surface area contributed by atoms with E-state index < -0.39 is 5.97 Å². The number of aliphatic carboxylic acids is 1. The number of hydrogen-bond donors (Lipinski definition) is 1. The average molecular weight is 380 g/mol. The molecule has 0 spiro atoms. The Labute approximate surface area is 168 Å². The molecule has 0 heterocycles. The summed E-state index contributed by atoms with van der Waals surface area (Å²) in [7, 11) is 0. The second-order valence-corrected chi connectivity index (χ2v) is 8.20. The Bertz CT molecular complexity index is 373. The minimum atomic E-state index is -0.723. The van der Waals surface area contributed by atoms with E-state index in [0.717, 1.165) is 25.9 Å². The van der Waals surface area contributed by atoms with E-state index in [2.05, 4.69) is 56.9 Å². The van der Waals surface area contributed by atoms with E-state index in [1.807, 2.05) is 0 Å². The first-order valence-corrected chi connectivity index (χ1v) is 11.2. The third-order valence-corrected chi connectivity index (χ3v) is 4.86. The molecule has 0 aliphatic rings. The molecule has 0 aliphatic heterocycles. The average Bonchev–Trinajstić information content (AvgIpc) is 2.60. The van der Waals surface area contributed by atoms with E-state index >= 15 is 0 Å². The standard InChI is InChI=1S/C24H45NO2/c1-5-7-9-11-13-15-17-22(3)19-25(21-24(26)27)20-23(4)18-16-14-12-10-8-6-2/h13-16,22-23H,5-12,17-21H2,1-4H3,(H,26,27)/b15-13+,16-14+. The van der Waals surface area contributed by atoms with Crippen LogP contribution in [0.1, 0.15) is 91.9 Å². The molecule has 3 nitrogen and oxygen atoms in total. The van der Waals surface area contributed by atoms with Crippen molar-refractivity contribution in [2.75, 3.05) is 19.6 Å². The van der Waals surface area contributed by atoms with Gasteiger partial charge in [0, 0.05) is 13.1 Å². The number of rotatable bonds is 18. The summed E-state index contributed by atoms with van der Waals surface area (Å²) in [4.78, 5) is 13.3. The van der Waals surface area contributed by atoms with Gasteiger partial charge in [0.1, 0.15) is 0 Å². The van der Waals surface area contributed by atoms with Crippen LogP contribution in [0.25, 0.3) is 0 Å². The van der Waals surface area contributed by atoms with E-state index in [1.54, 1.807) is 0 Å². The molecule has 158 valence electrons. The second-order valence-electron chi connectivity index (χ2n) is 8.20. The maximum Gasteiger partial charge on any atom is 0.317 e. The van der Waals surface area contributed by atoms with E-state index in [-0.39, 0.29) is 6.54 Å². The van der Waals surface area contributed by atoms with Crippen LogP contribution in [0.5, 0.6) is 0 Å². The fraction of sp³-hybridized carbons (Fsp3) is 0.792. The SMILES string of the molecule is CCCCC/C=C/CC(C)CN(CC(=O)O)CC(C)C/C=C/CCCCC. The Morgan fingerprint density at radius 2 is 1.26 bits per heavy atom. The lowest BCUT2D eigenvalue weighted by molar-refractivity contribution is -0.138. The van der Waals surface area contributed by atoms with E-state index in [0.29, 0.717) is 11.8 Å². The minimum absolute atomic E-state index is 0.148. The summed E-state index contributed by atoms with van der Waals surface area (Å²) in [5.41, 5.74) is 0. The molecule has 0 rings (SSSR count). The number of carbonyl (C=O) groups is 1. The summed E-state index contributed by atoms with van der Waals surface area (Å²) >= 11 is 0. The van der Waals surface area contributed by atoms with Gasteiger partial charge in [-0.1, -0.05) is 77.7 Å². The van der Waals surface area contributed by atoms with Gasteiger partial charge in [-0.3, -0.25) is 9.69 Å². The van der Waals surface area contributed by atoms with Crippen molar-refractivity contribution in [3.63, 3.8) is 0 Å². The van der Waals surface area contributed by atoms with Gasteiger partial charge in [0.25, 0.3) is 0 Å². The summed E-state index contributed by atoms with van der Waals surface area (Å²) in [6, 6.07) is 0. The molecule has 0 bridgehead atoms. The highest BCUT2D eigenvalue weighted by molar-refractivity contribution is 5.69.